The largest absolute Gasteiger partial charge is 0.790 e. The second-order valence-electron chi connectivity index (χ2n) is 6.94. The van der Waals surface area contributed by atoms with Gasteiger partial charge in [-0.05, 0) is 5.56 Å². The van der Waals surface area contributed by atoms with Gasteiger partial charge in [0.05, 0.1) is 14.4 Å². The van der Waals surface area contributed by atoms with E-state index in [9.17, 15) is 48.3 Å². The summed E-state index contributed by atoms with van der Waals surface area (Å²) >= 11 is 0. The number of ether oxygens (including phenoxy) is 1. The smallest absolute Gasteiger partial charge is 0.351 e. The van der Waals surface area contributed by atoms with Crippen LogP contribution >= 0.6 is 23.5 Å². The molecule has 0 spiro atoms. The molecule has 1 aliphatic heterocycles. The van der Waals surface area contributed by atoms with Crippen molar-refractivity contribution >= 4 is 29.3 Å². The van der Waals surface area contributed by atoms with Crippen molar-refractivity contribution in [3.63, 3.8) is 0 Å². The molecule has 4 N–H and O–H groups in total. The maximum Gasteiger partial charge on any atom is 0.351 e. The molecule has 194 valence electrons. The van der Waals surface area contributed by atoms with Gasteiger partial charge >= 0.3 is 5.69 Å². The molecular formula is C15H16N3O14P3-4. The number of hydrogen-bond donors (Lipinski definition) is 3. The summed E-state index contributed by atoms with van der Waals surface area (Å²) in [4.78, 5) is 59.6. The van der Waals surface area contributed by atoms with Gasteiger partial charge in [-0.1, -0.05) is 30.3 Å². The van der Waals surface area contributed by atoms with Gasteiger partial charge in [0.2, 0.25) is 0 Å². The highest BCUT2D eigenvalue weighted by molar-refractivity contribution is 7.64. The maximum absolute atomic E-state index is 12.4. The van der Waals surface area contributed by atoms with Crippen molar-refractivity contribution in [1.29, 1.82) is 0 Å². The third-order valence-corrected chi connectivity index (χ3v) is 8.14. The lowest BCUT2D eigenvalue weighted by Crippen LogP contribution is -2.36. The van der Waals surface area contributed by atoms with Crippen LogP contribution in [-0.4, -0.2) is 44.7 Å². The van der Waals surface area contributed by atoms with Crippen molar-refractivity contribution in [1.82, 2.24) is 9.55 Å². The number of aliphatic hydroxyl groups excluding tert-OH is 2. The Morgan fingerprint density at radius 1 is 1.03 bits per heavy atom. The maximum atomic E-state index is 12.4. The molecule has 0 aliphatic carbocycles. The monoisotopic (exact) mass is 555 g/mol. The quantitative estimate of drug-likeness (QED) is 0.259. The van der Waals surface area contributed by atoms with Crippen molar-refractivity contribution in [2.24, 2.45) is 0 Å². The zero-order valence-electron chi connectivity index (χ0n) is 17.1. The Kier molecular flexibility index (Phi) is 8.16. The lowest BCUT2D eigenvalue weighted by atomic mass is 10.1. The summed E-state index contributed by atoms with van der Waals surface area (Å²) in [5.41, 5.74) is 5.64. The van der Waals surface area contributed by atoms with E-state index in [-0.39, 0.29) is 11.4 Å². The molecule has 1 fully saturated rings. The van der Waals surface area contributed by atoms with Crippen LogP contribution in [0.2, 0.25) is 0 Å². The number of aromatic nitrogens is 2. The molecule has 35 heavy (non-hydrogen) atoms. The Balaban J connectivity index is 1.76. The van der Waals surface area contributed by atoms with Crippen molar-refractivity contribution < 1.29 is 61.4 Å². The zero-order chi connectivity index (χ0) is 26.2. The molecule has 0 radical (unpaired) electrons. The molecule has 3 rings (SSSR count). The molecule has 6 atom stereocenters. The number of nitrogen functional groups attached to an aromatic ring is 1. The van der Waals surface area contributed by atoms with Crippen molar-refractivity contribution in [3.8, 4) is 11.1 Å². The highest BCUT2D eigenvalue weighted by atomic mass is 31.3. The number of phosphoric ester groups is 1. The molecule has 2 heterocycles. The Labute approximate surface area is 195 Å². The van der Waals surface area contributed by atoms with Gasteiger partial charge in [-0.25, -0.2) is 9.11 Å². The van der Waals surface area contributed by atoms with Gasteiger partial charge in [-0.15, -0.1) is 0 Å². The number of hydrogen-bond acceptors (Lipinski definition) is 16. The molecule has 1 aromatic carbocycles. The highest BCUT2D eigenvalue weighted by Crippen LogP contribution is 2.60. The minimum absolute atomic E-state index is 0.139. The second kappa shape index (κ2) is 10.3. The number of aliphatic hydroxyl groups is 2. The molecule has 1 saturated heterocycles. The molecule has 20 heteroatoms. The lowest BCUT2D eigenvalue weighted by Gasteiger charge is -2.37. The predicted molar refractivity (Wildman–Crippen MR) is 105 cm³/mol. The van der Waals surface area contributed by atoms with E-state index in [4.69, 9.17) is 10.5 Å². The Morgan fingerprint density at radius 2 is 1.66 bits per heavy atom. The van der Waals surface area contributed by atoms with E-state index in [0.717, 1.165) is 4.57 Å². The zero-order valence-corrected chi connectivity index (χ0v) is 19.8. The first kappa shape index (κ1) is 27.8. The van der Waals surface area contributed by atoms with E-state index in [2.05, 4.69) is 18.1 Å². The average molecular weight is 555 g/mol. The van der Waals surface area contributed by atoms with Crippen LogP contribution in [0.25, 0.3) is 11.1 Å². The van der Waals surface area contributed by atoms with Crippen LogP contribution in [0.5, 0.6) is 0 Å². The van der Waals surface area contributed by atoms with Gasteiger partial charge in [0.25, 0.3) is 15.6 Å². The van der Waals surface area contributed by atoms with Gasteiger partial charge in [0.15, 0.2) is 6.23 Å². The molecular weight excluding hydrogens is 539 g/mol. The summed E-state index contributed by atoms with van der Waals surface area (Å²) in [5, 5.41) is 20.5. The minimum atomic E-state index is -6.19. The van der Waals surface area contributed by atoms with E-state index >= 15 is 0 Å². The second-order valence-corrected chi connectivity index (χ2v) is 11.2. The molecule has 2 aromatic rings. The van der Waals surface area contributed by atoms with E-state index in [1.807, 2.05) is 0 Å². The molecule has 1 aromatic heterocycles. The first-order chi connectivity index (χ1) is 16.1. The fourth-order valence-corrected chi connectivity index (χ4v) is 5.91. The topological polar surface area (TPSA) is 282 Å². The first-order valence-electron chi connectivity index (χ1n) is 9.25. The number of benzene rings is 1. The average Bonchev–Trinajstić information content (AvgIpc) is 2.99. The van der Waals surface area contributed by atoms with Gasteiger partial charge < -0.3 is 49.3 Å². The van der Waals surface area contributed by atoms with Crippen LogP contribution in [0.4, 0.5) is 5.82 Å². The molecule has 1 aliphatic rings. The predicted octanol–water partition coefficient (Wildman–Crippen LogP) is -3.07. The van der Waals surface area contributed by atoms with Crippen LogP contribution in [0.3, 0.4) is 0 Å². The Bertz CT molecular complexity index is 1270. The normalized spacial score (nSPS) is 26.2. The lowest BCUT2D eigenvalue weighted by molar-refractivity contribution is -0.339. The SMILES string of the molecule is Nc1nc(=O)n(C2OC(COP(=O)([O-])OP(=O)([O-])OP(=O)([O-])[O-])C(O)C2O)cc1-c1ccccc1. The first-order valence-corrected chi connectivity index (χ1v) is 13.6. The van der Waals surface area contributed by atoms with E-state index < -0.39 is 60.3 Å². The summed E-state index contributed by atoms with van der Waals surface area (Å²) in [6, 6.07) is 8.41. The fourth-order valence-electron chi connectivity index (χ4n) is 3.05. The third kappa shape index (κ3) is 7.12. The number of nitrogens with two attached hydrogens (primary N) is 1. The van der Waals surface area contributed by atoms with Crippen LogP contribution in [0, 0.1) is 0 Å². The third-order valence-electron chi connectivity index (χ3n) is 4.47. The highest BCUT2D eigenvalue weighted by Gasteiger charge is 2.45. The van der Waals surface area contributed by atoms with Crippen molar-refractivity contribution in [3.05, 3.63) is 47.0 Å². The van der Waals surface area contributed by atoms with Gasteiger partial charge in [-0.3, -0.25) is 18.0 Å². The molecule has 6 unspecified atom stereocenters. The summed E-state index contributed by atoms with van der Waals surface area (Å²) in [6.45, 7) is -1.16. The summed E-state index contributed by atoms with van der Waals surface area (Å²) in [7, 11) is -18.2. The molecule has 17 nitrogen and oxygen atoms in total. The van der Waals surface area contributed by atoms with Crippen LogP contribution in [-0.2, 0) is 31.6 Å². The standard InChI is InChI=1S/C15H20N3O14P3/c16-13-9(8-4-2-1-3-5-8)6-18(15(21)17-13)14-12(20)11(19)10(30-14)7-29-34(25,26)32-35(27,28)31-33(22,23)24/h1-6,10-12,14,19-20H,7H2,(H,25,26)(H,27,28)(H2,16,17,21)(H2,22,23,24)/p-4. The molecule has 0 bridgehead atoms. The van der Waals surface area contributed by atoms with Crippen LogP contribution < -0.4 is 31.0 Å². The van der Waals surface area contributed by atoms with E-state index in [0.29, 0.717) is 5.56 Å². The van der Waals surface area contributed by atoms with Crippen LogP contribution in [0.15, 0.2) is 41.3 Å². The summed E-state index contributed by atoms with van der Waals surface area (Å²) < 4.78 is 50.0. The van der Waals surface area contributed by atoms with E-state index in [1.54, 1.807) is 30.3 Å². The van der Waals surface area contributed by atoms with Crippen molar-refractivity contribution in [2.45, 2.75) is 24.5 Å². The van der Waals surface area contributed by atoms with Gasteiger partial charge in [0, 0.05) is 11.8 Å². The van der Waals surface area contributed by atoms with Gasteiger partial charge in [0.1, 0.15) is 24.1 Å². The number of nitrogens with zero attached hydrogens (tertiary/aromatic N) is 2. The molecule has 0 amide bonds. The van der Waals surface area contributed by atoms with Crippen molar-refractivity contribution in [2.75, 3.05) is 12.3 Å². The minimum Gasteiger partial charge on any atom is -0.790 e. The number of rotatable bonds is 9. The Morgan fingerprint density at radius 3 is 2.26 bits per heavy atom. The fraction of sp³-hybridized carbons (Fsp3) is 0.333. The molecule has 0 saturated carbocycles. The van der Waals surface area contributed by atoms with Gasteiger partial charge in [-0.2, -0.15) is 4.98 Å². The summed E-state index contributed by atoms with van der Waals surface area (Å²) in [5.74, 6) is -0.139. The summed E-state index contributed by atoms with van der Waals surface area (Å²) in [6.07, 6.45) is -5.75. The van der Waals surface area contributed by atoms with E-state index in [1.165, 1.54) is 6.20 Å². The van der Waals surface area contributed by atoms with Crippen LogP contribution in [0.1, 0.15) is 6.23 Å². The number of phosphoric acid groups is 3. The number of anilines is 1. The Hall–Kier alpha value is -1.81.